The third kappa shape index (κ3) is 3.94. The van der Waals surface area contributed by atoms with Gasteiger partial charge in [-0.25, -0.2) is 13.6 Å². The number of rotatable bonds is 5. The summed E-state index contributed by atoms with van der Waals surface area (Å²) in [6, 6.07) is 8.32. The zero-order valence-electron chi connectivity index (χ0n) is 12.2. The largest absolute Gasteiger partial charge is 0.456 e. The highest BCUT2D eigenvalue weighted by molar-refractivity contribution is 7.10. The molecule has 2 heterocycles. The number of thiophene rings is 1. The van der Waals surface area contributed by atoms with Gasteiger partial charge in [-0.2, -0.15) is 0 Å². The Balaban J connectivity index is 1.61. The maximum atomic E-state index is 13.7. The van der Waals surface area contributed by atoms with Gasteiger partial charge in [0, 0.05) is 23.1 Å². The zero-order chi connectivity index (χ0) is 16.9. The molecule has 7 heteroatoms. The quantitative estimate of drug-likeness (QED) is 0.506. The minimum Gasteiger partial charge on any atom is -0.456 e. The number of hydrogen-bond donors (Lipinski definition) is 0. The third-order valence-corrected chi connectivity index (χ3v) is 3.88. The van der Waals surface area contributed by atoms with Crippen molar-refractivity contribution in [3.8, 4) is 11.3 Å². The van der Waals surface area contributed by atoms with Gasteiger partial charge in [-0.05, 0) is 29.7 Å². The van der Waals surface area contributed by atoms with Crippen molar-refractivity contribution in [1.29, 1.82) is 0 Å². The van der Waals surface area contributed by atoms with Crippen molar-refractivity contribution in [2.75, 3.05) is 0 Å². The van der Waals surface area contributed by atoms with Crippen molar-refractivity contribution in [3.63, 3.8) is 0 Å². The summed E-state index contributed by atoms with van der Waals surface area (Å²) in [7, 11) is 0. The van der Waals surface area contributed by atoms with Crippen LogP contribution in [0.1, 0.15) is 10.6 Å². The monoisotopic (exact) mass is 347 g/mol. The Bertz CT molecular complexity index is 872. The van der Waals surface area contributed by atoms with Crippen molar-refractivity contribution >= 4 is 23.4 Å². The van der Waals surface area contributed by atoms with E-state index in [1.165, 1.54) is 29.5 Å². The standard InChI is InChI=1S/C17H11F2NO3S/c18-11-3-5-14(15(19)8-11)16-9-12(20-23-16)10-22-17(21)6-4-13-2-1-7-24-13/h1-9H,10H2. The molecule has 0 saturated heterocycles. The van der Waals surface area contributed by atoms with Gasteiger partial charge >= 0.3 is 5.97 Å². The van der Waals surface area contributed by atoms with Gasteiger partial charge in [-0.3, -0.25) is 0 Å². The lowest BCUT2D eigenvalue weighted by Gasteiger charge is -1.98. The molecule has 0 unspecified atom stereocenters. The van der Waals surface area contributed by atoms with Crippen LogP contribution in [0.3, 0.4) is 0 Å². The Morgan fingerprint density at radius 1 is 1.29 bits per heavy atom. The molecule has 0 amide bonds. The average Bonchev–Trinajstić information content (AvgIpc) is 3.22. The smallest absolute Gasteiger partial charge is 0.331 e. The van der Waals surface area contributed by atoms with Crippen LogP contribution in [0.4, 0.5) is 8.78 Å². The molecule has 2 aromatic heterocycles. The second-order valence-electron chi connectivity index (χ2n) is 4.76. The molecule has 0 atom stereocenters. The molecule has 0 aliphatic heterocycles. The molecule has 0 bridgehead atoms. The number of carbonyl (C=O) groups excluding carboxylic acids is 1. The summed E-state index contributed by atoms with van der Waals surface area (Å²) in [5.41, 5.74) is 0.408. The van der Waals surface area contributed by atoms with E-state index >= 15 is 0 Å². The summed E-state index contributed by atoms with van der Waals surface area (Å²) < 4.78 is 36.6. The van der Waals surface area contributed by atoms with E-state index in [-0.39, 0.29) is 17.9 Å². The van der Waals surface area contributed by atoms with Crippen molar-refractivity contribution in [3.05, 3.63) is 70.1 Å². The van der Waals surface area contributed by atoms with Crippen LogP contribution in [-0.2, 0) is 16.1 Å². The van der Waals surface area contributed by atoms with Gasteiger partial charge in [-0.15, -0.1) is 11.3 Å². The lowest BCUT2D eigenvalue weighted by atomic mass is 10.1. The molecule has 0 fully saturated rings. The Labute approximate surface area is 140 Å². The van der Waals surface area contributed by atoms with Crippen molar-refractivity contribution in [2.45, 2.75) is 6.61 Å². The zero-order valence-corrected chi connectivity index (χ0v) is 13.1. The highest BCUT2D eigenvalue weighted by Crippen LogP contribution is 2.24. The highest BCUT2D eigenvalue weighted by Gasteiger charge is 2.13. The van der Waals surface area contributed by atoms with Crippen LogP contribution in [0, 0.1) is 11.6 Å². The average molecular weight is 347 g/mol. The van der Waals surface area contributed by atoms with Crippen LogP contribution in [0.25, 0.3) is 17.4 Å². The van der Waals surface area contributed by atoms with Gasteiger partial charge in [-0.1, -0.05) is 11.2 Å². The lowest BCUT2D eigenvalue weighted by Crippen LogP contribution is -2.00. The molecule has 0 spiro atoms. The van der Waals surface area contributed by atoms with Crippen molar-refractivity contribution < 1.29 is 22.8 Å². The Morgan fingerprint density at radius 2 is 2.17 bits per heavy atom. The van der Waals surface area contributed by atoms with Crippen LogP contribution in [0.15, 0.2) is 52.4 Å². The number of esters is 1. The van der Waals surface area contributed by atoms with Crippen LogP contribution in [0.5, 0.6) is 0 Å². The molecular formula is C17H11F2NO3S. The maximum absolute atomic E-state index is 13.7. The second kappa shape index (κ2) is 7.18. The van der Waals surface area contributed by atoms with Crippen LogP contribution < -0.4 is 0 Å². The molecule has 0 N–H and O–H groups in total. The molecule has 1 aromatic carbocycles. The third-order valence-electron chi connectivity index (χ3n) is 3.04. The second-order valence-corrected chi connectivity index (χ2v) is 5.74. The molecule has 0 aliphatic carbocycles. The molecule has 3 rings (SSSR count). The normalized spacial score (nSPS) is 11.1. The molecule has 24 heavy (non-hydrogen) atoms. The predicted molar refractivity (Wildman–Crippen MR) is 85.0 cm³/mol. The van der Waals surface area contributed by atoms with E-state index in [1.54, 1.807) is 6.08 Å². The Hall–Kier alpha value is -2.80. The first-order valence-corrected chi connectivity index (χ1v) is 7.79. The summed E-state index contributed by atoms with van der Waals surface area (Å²) in [5.74, 6) is -1.83. The van der Waals surface area contributed by atoms with Gasteiger partial charge in [0.2, 0.25) is 0 Å². The van der Waals surface area contributed by atoms with E-state index in [9.17, 15) is 13.6 Å². The van der Waals surface area contributed by atoms with Crippen LogP contribution in [0.2, 0.25) is 0 Å². The van der Waals surface area contributed by atoms with Gasteiger partial charge in [0.15, 0.2) is 5.76 Å². The number of nitrogens with zero attached hydrogens (tertiary/aromatic N) is 1. The first-order chi connectivity index (χ1) is 11.6. The fourth-order valence-electron chi connectivity index (χ4n) is 1.93. The molecule has 3 aromatic rings. The number of halogens is 2. The topological polar surface area (TPSA) is 52.3 Å². The first kappa shape index (κ1) is 16.1. The van der Waals surface area contributed by atoms with E-state index in [1.807, 2.05) is 17.5 Å². The number of hydrogen-bond acceptors (Lipinski definition) is 5. The number of ether oxygens (including phenoxy) is 1. The number of aromatic nitrogens is 1. The van der Waals surface area contributed by atoms with Gasteiger partial charge in [0.05, 0.1) is 5.56 Å². The van der Waals surface area contributed by atoms with E-state index in [0.717, 1.165) is 17.0 Å². The molecule has 0 aliphatic rings. The van der Waals surface area contributed by atoms with Gasteiger partial charge in [0.1, 0.15) is 23.9 Å². The van der Waals surface area contributed by atoms with E-state index < -0.39 is 17.6 Å². The summed E-state index contributed by atoms with van der Waals surface area (Å²) in [4.78, 5) is 12.5. The van der Waals surface area contributed by atoms with E-state index in [0.29, 0.717) is 5.69 Å². The molecule has 122 valence electrons. The predicted octanol–water partition coefficient (Wildman–Crippen LogP) is 4.44. The maximum Gasteiger partial charge on any atom is 0.331 e. The minimum absolute atomic E-state index is 0.0825. The number of carbonyl (C=O) groups is 1. The first-order valence-electron chi connectivity index (χ1n) is 6.91. The fourth-order valence-corrected chi connectivity index (χ4v) is 2.54. The molecule has 0 radical (unpaired) electrons. The summed E-state index contributed by atoms with van der Waals surface area (Å²) >= 11 is 1.50. The molecular weight excluding hydrogens is 336 g/mol. The lowest BCUT2D eigenvalue weighted by molar-refractivity contribution is -0.139. The highest BCUT2D eigenvalue weighted by atomic mass is 32.1. The molecule has 4 nitrogen and oxygen atoms in total. The summed E-state index contributed by atoms with van der Waals surface area (Å²) in [6.07, 6.45) is 2.96. The fraction of sp³-hybridized carbons (Fsp3) is 0.0588. The van der Waals surface area contributed by atoms with Crippen molar-refractivity contribution in [2.24, 2.45) is 0 Å². The number of benzene rings is 1. The summed E-state index contributed by atoms with van der Waals surface area (Å²) in [6.45, 7) is -0.111. The van der Waals surface area contributed by atoms with E-state index in [4.69, 9.17) is 9.26 Å². The van der Waals surface area contributed by atoms with Gasteiger partial charge < -0.3 is 9.26 Å². The van der Waals surface area contributed by atoms with E-state index in [2.05, 4.69) is 5.16 Å². The minimum atomic E-state index is -0.756. The Kier molecular flexibility index (Phi) is 4.81. The van der Waals surface area contributed by atoms with Crippen LogP contribution >= 0.6 is 11.3 Å². The van der Waals surface area contributed by atoms with Crippen molar-refractivity contribution in [1.82, 2.24) is 5.16 Å². The SMILES string of the molecule is O=C(C=Cc1cccs1)OCc1cc(-c2ccc(F)cc2F)on1. The van der Waals surface area contributed by atoms with Gasteiger partial charge in [0.25, 0.3) is 0 Å². The summed E-state index contributed by atoms with van der Waals surface area (Å²) in [5, 5.41) is 5.60. The Morgan fingerprint density at radius 3 is 2.92 bits per heavy atom. The van der Waals surface area contributed by atoms with Crippen LogP contribution in [-0.4, -0.2) is 11.1 Å². The molecule has 0 saturated carbocycles.